The molecule has 0 radical (unpaired) electrons. The summed E-state index contributed by atoms with van der Waals surface area (Å²) < 4.78 is 16.0. The normalized spacial score (nSPS) is 10.6. The summed E-state index contributed by atoms with van der Waals surface area (Å²) in [7, 11) is 0. The Morgan fingerprint density at radius 2 is 1.19 bits per heavy atom. The van der Waals surface area contributed by atoms with Crippen molar-refractivity contribution in [2.45, 2.75) is 140 Å². The monoisotopic (exact) mass is 918 g/mol. The molecule has 0 aromatic heterocycles. The van der Waals surface area contributed by atoms with Crippen molar-refractivity contribution < 1.29 is 28.9 Å². The molecule has 0 aliphatic carbocycles. The van der Waals surface area contributed by atoms with Crippen molar-refractivity contribution in [3.63, 3.8) is 0 Å². The fourth-order valence-corrected chi connectivity index (χ4v) is 5.56. The quantitative estimate of drug-likeness (QED) is 0.171. The lowest BCUT2D eigenvalue weighted by molar-refractivity contribution is 0.00691. The average molecular weight is 920 g/mol. The fraction of sp³-hybridized carbons (Fsp3) is 0.652. The molecular formula is C46H76Cl2N2O6S3. The number of halogens is 2. The molecule has 0 aliphatic rings. The largest absolute Gasteiger partial charge is 0.396 e. The molecule has 0 heterocycles. The zero-order valence-corrected chi connectivity index (χ0v) is 42.6. The minimum absolute atomic E-state index is 0.0565. The molecule has 2 aromatic carbocycles. The van der Waals surface area contributed by atoms with Crippen molar-refractivity contribution in [1.29, 1.82) is 10.5 Å². The molecule has 2 aromatic rings. The second kappa shape index (κ2) is 40.3. The van der Waals surface area contributed by atoms with Gasteiger partial charge < -0.3 is 19.3 Å². The van der Waals surface area contributed by atoms with Gasteiger partial charge in [0, 0.05) is 46.4 Å². The minimum Gasteiger partial charge on any atom is -0.396 e. The first-order valence-electron chi connectivity index (χ1n) is 20.0. The maximum Gasteiger partial charge on any atom is 0.220 e. The molecule has 0 aliphatic heterocycles. The lowest BCUT2D eigenvalue weighted by Gasteiger charge is -2.18. The van der Waals surface area contributed by atoms with Gasteiger partial charge in [0.15, 0.2) is 0 Å². The molecule has 2 rings (SSSR count). The number of thioether (sulfide) groups is 3. The number of nitrogens with zero attached hydrogens (tertiary/aromatic N) is 2. The molecule has 0 saturated carbocycles. The van der Waals surface area contributed by atoms with E-state index in [1.165, 1.54) is 23.5 Å². The van der Waals surface area contributed by atoms with Crippen LogP contribution in [0.1, 0.15) is 137 Å². The Bertz CT molecular complexity index is 1380. The Kier molecular flexibility index (Phi) is 43.6. The van der Waals surface area contributed by atoms with Crippen LogP contribution in [0.25, 0.3) is 0 Å². The van der Waals surface area contributed by atoms with Crippen LogP contribution in [0.3, 0.4) is 0 Å². The average Bonchev–Trinajstić information content (AvgIpc) is 3.12. The smallest absolute Gasteiger partial charge is 0.220 e. The van der Waals surface area contributed by atoms with E-state index in [1.54, 1.807) is 18.2 Å². The van der Waals surface area contributed by atoms with Crippen molar-refractivity contribution in [1.82, 2.24) is 0 Å². The molecule has 0 amide bonds. The molecule has 13 heteroatoms. The summed E-state index contributed by atoms with van der Waals surface area (Å²) in [5.74, 6) is 3.13. The molecule has 0 unspecified atom stereocenters. The Morgan fingerprint density at radius 1 is 0.712 bits per heavy atom. The van der Waals surface area contributed by atoms with E-state index in [-0.39, 0.29) is 40.1 Å². The lowest BCUT2D eigenvalue weighted by atomic mass is 9.99. The van der Waals surface area contributed by atoms with E-state index in [4.69, 9.17) is 53.0 Å². The number of carbonyl (C=O) groups is 2. The third kappa shape index (κ3) is 54.2. The van der Waals surface area contributed by atoms with Gasteiger partial charge >= 0.3 is 0 Å². The van der Waals surface area contributed by atoms with Crippen LogP contribution in [0.2, 0.25) is 10.0 Å². The lowest BCUT2D eigenvalue weighted by Crippen LogP contribution is -2.20. The Hall–Kier alpha value is -1.77. The van der Waals surface area contributed by atoms with Crippen molar-refractivity contribution >= 4 is 68.7 Å². The van der Waals surface area contributed by atoms with Gasteiger partial charge in [-0.25, -0.2) is 0 Å². The molecule has 338 valence electrons. The predicted molar refractivity (Wildman–Crippen MR) is 259 cm³/mol. The molecule has 8 nitrogen and oxygen atoms in total. The van der Waals surface area contributed by atoms with Gasteiger partial charge in [0.25, 0.3) is 0 Å². The van der Waals surface area contributed by atoms with Crippen molar-refractivity contribution in [2.24, 2.45) is 11.3 Å². The Morgan fingerprint density at radius 3 is 1.61 bits per heavy atom. The third-order valence-electron chi connectivity index (χ3n) is 5.58. The molecule has 0 atom stereocenters. The molecule has 0 spiro atoms. The number of aliphatic hydroxyl groups is 1. The first-order valence-corrected chi connectivity index (χ1v) is 23.8. The van der Waals surface area contributed by atoms with Crippen LogP contribution >= 0.6 is 58.5 Å². The van der Waals surface area contributed by atoms with Crippen LogP contribution in [0.4, 0.5) is 0 Å². The van der Waals surface area contributed by atoms with Crippen LogP contribution in [0.5, 0.6) is 0 Å². The number of rotatable bonds is 15. The van der Waals surface area contributed by atoms with Crippen molar-refractivity contribution in [3.8, 4) is 12.1 Å². The maximum atomic E-state index is 11.8. The maximum absolute atomic E-state index is 11.8. The van der Waals surface area contributed by atoms with Crippen LogP contribution in [0.15, 0.2) is 48.5 Å². The summed E-state index contributed by atoms with van der Waals surface area (Å²) in [4.78, 5) is 23.5. The van der Waals surface area contributed by atoms with E-state index in [2.05, 4.69) is 40.7 Å². The van der Waals surface area contributed by atoms with E-state index < -0.39 is 0 Å². The topological polar surface area (TPSA) is 130 Å². The van der Waals surface area contributed by atoms with E-state index in [9.17, 15) is 9.59 Å². The van der Waals surface area contributed by atoms with E-state index >= 15 is 0 Å². The first-order chi connectivity index (χ1) is 27.3. The third-order valence-corrected chi connectivity index (χ3v) is 8.96. The summed E-state index contributed by atoms with van der Waals surface area (Å²) in [6.07, 6.45) is 1.62. The molecule has 0 fully saturated rings. The molecule has 1 N–H and O–H groups in total. The van der Waals surface area contributed by atoms with Gasteiger partial charge in [-0.15, -0.1) is 0 Å². The summed E-state index contributed by atoms with van der Waals surface area (Å²) in [6, 6.07) is 18.3. The highest BCUT2D eigenvalue weighted by molar-refractivity contribution is 8.14. The Balaban J connectivity index is -0.000000330. The van der Waals surface area contributed by atoms with Gasteiger partial charge in [-0.2, -0.15) is 22.3 Å². The number of hydrogen-bond donors (Lipinski definition) is 1. The molecular weight excluding hydrogens is 844 g/mol. The number of carbonyl (C=O) groups excluding carboxylic acids is 2. The highest BCUT2D eigenvalue weighted by Crippen LogP contribution is 2.25. The number of aliphatic hydroxyl groups excluding tert-OH is 1. The molecule has 0 saturated heterocycles. The molecule has 0 bridgehead atoms. The number of hydrogen-bond acceptors (Lipinski definition) is 11. The molecule has 59 heavy (non-hydrogen) atoms. The summed E-state index contributed by atoms with van der Waals surface area (Å²) in [5.41, 5.74) is 1.21. The van der Waals surface area contributed by atoms with Gasteiger partial charge in [-0.05, 0) is 83.2 Å². The zero-order valence-electron chi connectivity index (χ0n) is 38.7. The number of benzene rings is 2. The van der Waals surface area contributed by atoms with Crippen LogP contribution in [0, 0.1) is 34.0 Å². The fourth-order valence-electron chi connectivity index (χ4n) is 2.97. The summed E-state index contributed by atoms with van der Waals surface area (Å²) >= 11 is 16.0. The van der Waals surface area contributed by atoms with Gasteiger partial charge in [0.05, 0.1) is 61.2 Å². The van der Waals surface area contributed by atoms with Gasteiger partial charge in [0.1, 0.15) is 0 Å². The predicted octanol–water partition coefficient (Wildman–Crippen LogP) is 13.7. The number of nitriles is 2. The SMILES string of the molecule is CC(C)(C)CO.CC(C)(C)OCCSC(=O)c1ccccc1.CC(C)C.CC(C)OCCC#N.CC(C)OCCSC(=O)c1ccc(Cl)cc1Cl.CC(C)SCCC#N. The van der Waals surface area contributed by atoms with E-state index in [0.717, 1.165) is 17.2 Å². The summed E-state index contributed by atoms with van der Waals surface area (Å²) in [5, 5.41) is 26.2. The van der Waals surface area contributed by atoms with Gasteiger partial charge in [0.2, 0.25) is 10.2 Å². The highest BCUT2D eigenvalue weighted by Gasteiger charge is 2.12. The highest BCUT2D eigenvalue weighted by atomic mass is 35.5. The van der Waals surface area contributed by atoms with Crippen molar-refractivity contribution in [2.75, 3.05) is 43.7 Å². The van der Waals surface area contributed by atoms with Gasteiger partial charge in [-0.3, -0.25) is 9.59 Å². The van der Waals surface area contributed by atoms with Crippen LogP contribution < -0.4 is 0 Å². The van der Waals surface area contributed by atoms with E-state index in [0.29, 0.717) is 65.0 Å². The summed E-state index contributed by atoms with van der Waals surface area (Å²) in [6.45, 7) is 32.6. The second-order valence-electron chi connectivity index (χ2n) is 16.2. The first kappa shape index (κ1) is 63.9. The van der Waals surface area contributed by atoms with Crippen LogP contribution in [-0.4, -0.2) is 82.1 Å². The van der Waals surface area contributed by atoms with Crippen LogP contribution in [-0.2, 0) is 14.2 Å². The van der Waals surface area contributed by atoms with E-state index in [1.807, 2.05) is 117 Å². The zero-order chi connectivity index (χ0) is 46.5. The second-order valence-corrected chi connectivity index (χ2v) is 20.9. The Labute approximate surface area is 382 Å². The van der Waals surface area contributed by atoms with Crippen molar-refractivity contribution in [3.05, 3.63) is 69.7 Å². The van der Waals surface area contributed by atoms with Gasteiger partial charge in [-0.1, -0.05) is 132 Å². The number of ether oxygens (including phenoxy) is 3. The minimum atomic E-state index is -0.129. The standard InChI is InChI=1S/C13H18O2S.C12H14Cl2O2S.C6H11NO.C6H11NS.C5H12O.C4H10/c1-13(2,3)15-9-10-16-12(14)11-7-5-4-6-8-11;1-8(2)16-5-6-17-12(15)10-4-3-9(13)7-11(10)14;2*1-6(2)8-5-3-4-7;1-5(2,3)4-6;1-4(2)3/h4-8H,9-10H2,1-3H3;3-4,7-8H,5-6H2,1-2H3;2*6H,3,5H2,1-2H3;6H,4H2,1-3H3;4H,1-3H3.